The molecule has 6 nitrogen and oxygen atoms in total. The molecule has 0 saturated heterocycles. The summed E-state index contributed by atoms with van der Waals surface area (Å²) in [5.74, 6) is 0.497. The summed E-state index contributed by atoms with van der Waals surface area (Å²) in [4.78, 5) is 24.1. The van der Waals surface area contributed by atoms with Crippen LogP contribution in [0.5, 0.6) is 0 Å². The quantitative estimate of drug-likeness (QED) is 0.571. The van der Waals surface area contributed by atoms with Crippen molar-refractivity contribution in [1.82, 2.24) is 15.0 Å². The molecule has 124 valence electrons. The minimum atomic E-state index is -0.333. The summed E-state index contributed by atoms with van der Waals surface area (Å²) in [6, 6.07) is 10.4. The van der Waals surface area contributed by atoms with Gasteiger partial charge in [0.2, 0.25) is 0 Å². The van der Waals surface area contributed by atoms with E-state index in [4.69, 9.17) is 16.0 Å². The number of rotatable bonds is 3. The fourth-order valence-electron chi connectivity index (χ4n) is 2.55. The lowest BCUT2D eigenvalue weighted by molar-refractivity contribution is 0.0996. The molecule has 1 aromatic carbocycles. The number of nitrogens with zero attached hydrogens (tertiary/aromatic N) is 2. The van der Waals surface area contributed by atoms with Crippen molar-refractivity contribution in [2.45, 2.75) is 6.92 Å². The molecule has 0 bridgehead atoms. The number of aryl methyl sites for hydroxylation is 1. The number of H-pyrrole nitrogens is 1. The maximum atomic E-state index is 12.1. The Morgan fingerprint density at radius 1 is 1.28 bits per heavy atom. The van der Waals surface area contributed by atoms with Crippen molar-refractivity contribution >= 4 is 34.4 Å². The molecule has 25 heavy (non-hydrogen) atoms. The van der Waals surface area contributed by atoms with E-state index in [1.165, 1.54) is 6.26 Å². The second-order valence-electron chi connectivity index (χ2n) is 5.54. The van der Waals surface area contributed by atoms with Gasteiger partial charge in [-0.05, 0) is 48.9 Å². The van der Waals surface area contributed by atoms with E-state index in [9.17, 15) is 4.79 Å². The maximum absolute atomic E-state index is 12.1. The number of aromatic amines is 1. The number of nitrogens with one attached hydrogen (secondary N) is 2. The second-order valence-corrected chi connectivity index (χ2v) is 5.95. The Balaban J connectivity index is 1.71. The third kappa shape index (κ3) is 2.88. The fourth-order valence-corrected chi connectivity index (χ4v) is 2.75. The number of benzene rings is 1. The van der Waals surface area contributed by atoms with Gasteiger partial charge in [-0.1, -0.05) is 11.6 Å². The smallest absolute Gasteiger partial charge is 0.291 e. The molecule has 0 aliphatic carbocycles. The van der Waals surface area contributed by atoms with Crippen LogP contribution < -0.4 is 5.32 Å². The van der Waals surface area contributed by atoms with Crippen LogP contribution in [0.15, 0.2) is 53.3 Å². The summed E-state index contributed by atoms with van der Waals surface area (Å²) < 4.78 is 5.09. The van der Waals surface area contributed by atoms with E-state index in [-0.39, 0.29) is 11.7 Å². The topological polar surface area (TPSA) is 83.8 Å². The van der Waals surface area contributed by atoms with Gasteiger partial charge < -0.3 is 14.7 Å². The molecule has 0 aliphatic heterocycles. The van der Waals surface area contributed by atoms with Crippen LogP contribution in [-0.2, 0) is 0 Å². The molecule has 4 rings (SSSR count). The molecule has 0 atom stereocenters. The summed E-state index contributed by atoms with van der Waals surface area (Å²) >= 11 is 6.32. The Bertz CT molecular complexity index is 1070. The number of halogens is 1. The molecule has 0 radical (unpaired) electrons. The highest BCUT2D eigenvalue weighted by Crippen LogP contribution is 2.30. The molecule has 3 heterocycles. The van der Waals surface area contributed by atoms with Gasteiger partial charge in [0.05, 0.1) is 16.8 Å². The Labute approximate surface area is 147 Å². The molecule has 3 aromatic heterocycles. The van der Waals surface area contributed by atoms with Crippen molar-refractivity contribution < 1.29 is 9.21 Å². The predicted molar refractivity (Wildman–Crippen MR) is 95.7 cm³/mol. The highest BCUT2D eigenvalue weighted by Gasteiger charge is 2.14. The van der Waals surface area contributed by atoms with E-state index >= 15 is 0 Å². The predicted octanol–water partition coefficient (Wildman–Crippen LogP) is 4.43. The first-order valence-corrected chi connectivity index (χ1v) is 7.96. The molecule has 0 fully saturated rings. The lowest BCUT2D eigenvalue weighted by Gasteiger charge is -2.07. The Kier molecular flexibility index (Phi) is 3.74. The van der Waals surface area contributed by atoms with E-state index < -0.39 is 0 Å². The number of carbonyl (C=O) groups is 1. The normalized spacial score (nSPS) is 11.0. The molecule has 0 unspecified atom stereocenters. The number of hydrogen-bond acceptors (Lipinski definition) is 4. The number of furan rings is 1. The van der Waals surface area contributed by atoms with Crippen LogP contribution in [-0.4, -0.2) is 20.9 Å². The minimum absolute atomic E-state index is 0.236. The van der Waals surface area contributed by atoms with Crippen LogP contribution in [0.25, 0.3) is 22.6 Å². The molecule has 7 heteroatoms. The molecule has 0 aliphatic rings. The highest BCUT2D eigenvalue weighted by molar-refractivity contribution is 6.33. The van der Waals surface area contributed by atoms with Gasteiger partial charge in [0.15, 0.2) is 11.4 Å². The number of imidazole rings is 1. The van der Waals surface area contributed by atoms with Gasteiger partial charge in [0, 0.05) is 17.4 Å². The van der Waals surface area contributed by atoms with Crippen LogP contribution in [0.1, 0.15) is 16.1 Å². The number of anilines is 1. The van der Waals surface area contributed by atoms with Gasteiger partial charge >= 0.3 is 0 Å². The Morgan fingerprint density at radius 3 is 2.92 bits per heavy atom. The number of amides is 1. The summed E-state index contributed by atoms with van der Waals surface area (Å²) in [5, 5.41) is 3.30. The number of pyridine rings is 1. The lowest BCUT2D eigenvalue weighted by Crippen LogP contribution is -2.10. The van der Waals surface area contributed by atoms with Crippen molar-refractivity contribution in [1.29, 1.82) is 0 Å². The van der Waals surface area contributed by atoms with Gasteiger partial charge in [0.25, 0.3) is 5.91 Å². The zero-order chi connectivity index (χ0) is 17.4. The van der Waals surface area contributed by atoms with E-state index in [0.717, 1.165) is 11.1 Å². The monoisotopic (exact) mass is 352 g/mol. The summed E-state index contributed by atoms with van der Waals surface area (Å²) in [6.45, 7) is 1.98. The third-order valence-electron chi connectivity index (χ3n) is 3.82. The number of fused-ring (bicyclic) bond motifs is 1. The van der Waals surface area contributed by atoms with Crippen molar-refractivity contribution in [3.05, 3.63) is 65.2 Å². The van der Waals surface area contributed by atoms with E-state index in [1.54, 1.807) is 36.5 Å². The van der Waals surface area contributed by atoms with Crippen molar-refractivity contribution in [2.75, 3.05) is 5.32 Å². The fraction of sp³-hybridized carbons (Fsp3) is 0.0556. The van der Waals surface area contributed by atoms with Crippen molar-refractivity contribution in [3.8, 4) is 11.4 Å². The summed E-state index contributed by atoms with van der Waals surface area (Å²) in [6.07, 6.45) is 3.16. The van der Waals surface area contributed by atoms with Crippen LogP contribution in [0, 0.1) is 6.92 Å². The summed E-state index contributed by atoms with van der Waals surface area (Å²) in [7, 11) is 0. The van der Waals surface area contributed by atoms with Gasteiger partial charge in [-0.2, -0.15) is 0 Å². The molecular weight excluding hydrogens is 340 g/mol. The minimum Gasteiger partial charge on any atom is -0.459 e. The Hall–Kier alpha value is -3.12. The number of hydrogen-bond donors (Lipinski definition) is 2. The molecule has 1 amide bonds. The average molecular weight is 353 g/mol. The van der Waals surface area contributed by atoms with Crippen molar-refractivity contribution in [3.63, 3.8) is 0 Å². The molecule has 2 N–H and O–H groups in total. The van der Waals surface area contributed by atoms with Crippen molar-refractivity contribution in [2.24, 2.45) is 0 Å². The molecule has 0 spiro atoms. The molecular formula is C18H13ClN4O2. The lowest BCUT2D eigenvalue weighted by atomic mass is 10.2. The first kappa shape index (κ1) is 15.4. The van der Waals surface area contributed by atoms with Crippen LogP contribution >= 0.6 is 11.6 Å². The van der Waals surface area contributed by atoms with Gasteiger partial charge in [-0.3, -0.25) is 4.79 Å². The van der Waals surface area contributed by atoms with Gasteiger partial charge in [-0.25, -0.2) is 9.97 Å². The van der Waals surface area contributed by atoms with Crippen LogP contribution in [0.2, 0.25) is 5.02 Å². The largest absolute Gasteiger partial charge is 0.459 e. The first-order valence-electron chi connectivity index (χ1n) is 7.58. The van der Waals surface area contributed by atoms with Crippen LogP contribution in [0.4, 0.5) is 5.69 Å². The standard InChI is InChI=1S/C18H13ClN4O2/c1-10-6-7-20-17-15(10)22-16(23-17)12-9-11(4-5-13(12)19)21-18(24)14-3-2-8-25-14/h2-9H,1H3,(H,21,24)(H,20,22,23). The van der Waals surface area contributed by atoms with E-state index in [0.29, 0.717) is 27.7 Å². The highest BCUT2D eigenvalue weighted by atomic mass is 35.5. The number of aromatic nitrogens is 3. The zero-order valence-corrected chi connectivity index (χ0v) is 14.0. The molecule has 4 aromatic rings. The first-order chi connectivity index (χ1) is 12.1. The zero-order valence-electron chi connectivity index (χ0n) is 13.2. The second kappa shape index (κ2) is 6.07. The summed E-state index contributed by atoms with van der Waals surface area (Å²) in [5.41, 5.74) is 3.79. The Morgan fingerprint density at radius 2 is 2.16 bits per heavy atom. The van der Waals surface area contributed by atoms with Crippen LogP contribution in [0.3, 0.4) is 0 Å². The molecule has 0 saturated carbocycles. The third-order valence-corrected chi connectivity index (χ3v) is 4.15. The van der Waals surface area contributed by atoms with E-state index in [2.05, 4.69) is 20.3 Å². The SMILES string of the molecule is Cc1ccnc2nc(-c3cc(NC(=O)c4ccco4)ccc3Cl)[nH]c12. The van der Waals surface area contributed by atoms with E-state index in [1.807, 2.05) is 13.0 Å². The van der Waals surface area contributed by atoms with Gasteiger partial charge in [0.1, 0.15) is 5.82 Å². The average Bonchev–Trinajstić information content (AvgIpc) is 3.26. The maximum Gasteiger partial charge on any atom is 0.291 e. The number of carbonyl (C=O) groups excluding carboxylic acids is 1. The van der Waals surface area contributed by atoms with Gasteiger partial charge in [-0.15, -0.1) is 0 Å².